The number of benzene rings is 3. The zero-order chi connectivity index (χ0) is 25.1. The van der Waals surface area contributed by atoms with Crippen LogP contribution in [0.25, 0.3) is 0 Å². The molecular formula is C27H21Cl2N3O2S2. The van der Waals surface area contributed by atoms with Crippen molar-refractivity contribution in [2.75, 3.05) is 21.3 Å². The van der Waals surface area contributed by atoms with Gasteiger partial charge in [-0.1, -0.05) is 65.7 Å². The zero-order valence-corrected chi connectivity index (χ0v) is 22.0. The highest BCUT2D eigenvalue weighted by Gasteiger charge is 2.36. The lowest BCUT2D eigenvalue weighted by atomic mass is 10.1. The Labute approximate surface area is 227 Å². The van der Waals surface area contributed by atoms with Gasteiger partial charge >= 0.3 is 6.03 Å². The van der Waals surface area contributed by atoms with E-state index >= 15 is 0 Å². The van der Waals surface area contributed by atoms with E-state index in [1.807, 2.05) is 65.6 Å². The molecule has 0 saturated heterocycles. The summed E-state index contributed by atoms with van der Waals surface area (Å²) in [5, 5.41) is 6.88. The highest BCUT2D eigenvalue weighted by Crippen LogP contribution is 2.43. The van der Waals surface area contributed by atoms with E-state index in [2.05, 4.69) is 22.8 Å². The van der Waals surface area contributed by atoms with Gasteiger partial charge in [0.2, 0.25) is 5.91 Å². The van der Waals surface area contributed by atoms with E-state index in [1.165, 1.54) is 11.8 Å². The molecule has 1 aliphatic heterocycles. The Morgan fingerprint density at radius 2 is 1.78 bits per heavy atom. The molecule has 2 N–H and O–H groups in total. The second-order valence-electron chi connectivity index (χ2n) is 8.10. The van der Waals surface area contributed by atoms with Gasteiger partial charge in [0.15, 0.2) is 0 Å². The minimum absolute atomic E-state index is 0.0733. The summed E-state index contributed by atoms with van der Waals surface area (Å²) < 4.78 is 0. The van der Waals surface area contributed by atoms with Crippen LogP contribution in [0.4, 0.5) is 21.9 Å². The summed E-state index contributed by atoms with van der Waals surface area (Å²) in [7, 11) is 0. The minimum Gasteiger partial charge on any atom is -0.324 e. The van der Waals surface area contributed by atoms with Crippen LogP contribution in [0, 0.1) is 0 Å². The van der Waals surface area contributed by atoms with E-state index < -0.39 is 0 Å². The van der Waals surface area contributed by atoms with Crippen molar-refractivity contribution >= 4 is 75.7 Å². The number of rotatable bonds is 5. The van der Waals surface area contributed by atoms with Crippen LogP contribution in [0.3, 0.4) is 0 Å². The third-order valence-electron chi connectivity index (χ3n) is 5.62. The molecule has 2 aliphatic rings. The smallest absolute Gasteiger partial charge is 0.324 e. The molecule has 182 valence electrons. The molecule has 2 unspecified atom stereocenters. The Balaban J connectivity index is 1.26. The Morgan fingerprint density at radius 3 is 2.64 bits per heavy atom. The molecule has 3 aromatic carbocycles. The van der Waals surface area contributed by atoms with E-state index in [4.69, 9.17) is 23.2 Å². The van der Waals surface area contributed by atoms with Crippen LogP contribution in [-0.2, 0) is 4.79 Å². The summed E-state index contributed by atoms with van der Waals surface area (Å²) in [4.78, 5) is 29.7. The third-order valence-corrected chi connectivity index (χ3v) is 8.47. The lowest BCUT2D eigenvalue weighted by molar-refractivity contribution is -0.113. The second kappa shape index (κ2) is 11.0. The van der Waals surface area contributed by atoms with Crippen molar-refractivity contribution in [3.05, 3.63) is 101 Å². The van der Waals surface area contributed by atoms with Crippen LogP contribution in [-0.4, -0.2) is 29.0 Å². The molecule has 3 aromatic rings. The lowest BCUT2D eigenvalue weighted by Gasteiger charge is -2.40. The van der Waals surface area contributed by atoms with Crippen molar-refractivity contribution in [2.24, 2.45) is 0 Å². The maximum Gasteiger partial charge on any atom is 0.326 e. The Hall–Kier alpha value is -2.84. The molecule has 2 atom stereocenters. The number of amides is 3. The molecule has 0 aromatic heterocycles. The molecule has 9 heteroatoms. The number of allylic oxidation sites excluding steroid dienone is 2. The molecule has 0 saturated carbocycles. The molecular weight excluding hydrogens is 533 g/mol. The van der Waals surface area contributed by atoms with E-state index in [1.54, 1.807) is 30.0 Å². The third kappa shape index (κ3) is 5.60. The first kappa shape index (κ1) is 24.8. The number of nitrogens with zero attached hydrogens (tertiary/aromatic N) is 1. The topological polar surface area (TPSA) is 61.4 Å². The molecule has 1 heterocycles. The number of hydrogen-bond acceptors (Lipinski definition) is 4. The average Bonchev–Trinajstić information content (AvgIpc) is 2.88. The van der Waals surface area contributed by atoms with Crippen molar-refractivity contribution in [2.45, 2.75) is 21.1 Å². The van der Waals surface area contributed by atoms with Crippen molar-refractivity contribution in [1.29, 1.82) is 0 Å². The predicted octanol–water partition coefficient (Wildman–Crippen LogP) is 7.73. The molecule has 36 heavy (non-hydrogen) atoms. The van der Waals surface area contributed by atoms with Gasteiger partial charge in [0, 0.05) is 20.5 Å². The highest BCUT2D eigenvalue weighted by molar-refractivity contribution is 8.00. The standard InChI is InChI=1S/C27H21Cl2N3O2S2/c28-17-12-13-21(20(29)14-17)31-26(33)16-35-19-7-5-6-18(15-19)30-27(34)32-22-8-1-3-10-24(22)36-25-11-4-2-9-23(25)32/h1-15,22,24H,16H2,(H,30,34)(H,31,33). The second-order valence-corrected chi connectivity index (χ2v) is 11.2. The molecule has 0 spiro atoms. The number of anilines is 3. The molecule has 0 bridgehead atoms. The number of carbonyl (C=O) groups is 2. The normalized spacial score (nSPS) is 17.8. The number of carbonyl (C=O) groups excluding carboxylic acids is 2. The number of nitrogens with one attached hydrogen (secondary N) is 2. The summed E-state index contributed by atoms with van der Waals surface area (Å²) in [6.45, 7) is 0. The summed E-state index contributed by atoms with van der Waals surface area (Å²) in [5.74, 6) is -0.00204. The van der Waals surface area contributed by atoms with E-state index in [0.717, 1.165) is 15.5 Å². The fraction of sp³-hybridized carbons (Fsp3) is 0.111. The Morgan fingerprint density at radius 1 is 0.944 bits per heavy atom. The molecule has 3 amide bonds. The zero-order valence-electron chi connectivity index (χ0n) is 18.9. The van der Waals surface area contributed by atoms with Gasteiger partial charge in [0.1, 0.15) is 0 Å². The quantitative estimate of drug-likeness (QED) is 0.317. The minimum atomic E-state index is -0.199. The largest absolute Gasteiger partial charge is 0.326 e. The number of fused-ring (bicyclic) bond motifs is 2. The Kier molecular flexibility index (Phi) is 7.62. The Bertz CT molecular complexity index is 1380. The summed E-state index contributed by atoms with van der Waals surface area (Å²) in [6, 6.07) is 20.1. The maximum absolute atomic E-state index is 13.5. The summed E-state index contributed by atoms with van der Waals surface area (Å²) in [5.41, 5.74) is 2.07. The maximum atomic E-state index is 13.5. The molecule has 0 radical (unpaired) electrons. The van der Waals surface area contributed by atoms with Gasteiger partial charge in [-0.05, 0) is 48.5 Å². The van der Waals surface area contributed by atoms with Crippen molar-refractivity contribution < 1.29 is 9.59 Å². The van der Waals surface area contributed by atoms with Gasteiger partial charge < -0.3 is 10.6 Å². The van der Waals surface area contributed by atoms with Gasteiger partial charge in [0.05, 0.1) is 33.4 Å². The monoisotopic (exact) mass is 553 g/mol. The van der Waals surface area contributed by atoms with Crippen molar-refractivity contribution in [1.82, 2.24) is 0 Å². The number of hydrogen-bond donors (Lipinski definition) is 2. The average molecular weight is 555 g/mol. The fourth-order valence-corrected chi connectivity index (χ4v) is 6.47. The summed E-state index contributed by atoms with van der Waals surface area (Å²) >= 11 is 15.2. The fourth-order valence-electron chi connectivity index (χ4n) is 4.00. The first-order valence-electron chi connectivity index (χ1n) is 11.2. The van der Waals surface area contributed by atoms with Gasteiger partial charge in [-0.25, -0.2) is 4.79 Å². The first-order chi connectivity index (χ1) is 17.5. The molecule has 0 fully saturated rings. The van der Waals surface area contributed by atoms with Gasteiger partial charge in [-0.15, -0.1) is 23.5 Å². The van der Waals surface area contributed by atoms with E-state index in [-0.39, 0.29) is 29.0 Å². The number of urea groups is 1. The van der Waals surface area contributed by atoms with Gasteiger partial charge in [-0.2, -0.15) is 0 Å². The van der Waals surface area contributed by atoms with Crippen LogP contribution in [0.5, 0.6) is 0 Å². The highest BCUT2D eigenvalue weighted by atomic mass is 35.5. The first-order valence-corrected chi connectivity index (χ1v) is 13.8. The van der Waals surface area contributed by atoms with Crippen LogP contribution in [0.2, 0.25) is 10.0 Å². The van der Waals surface area contributed by atoms with Gasteiger partial charge in [-0.3, -0.25) is 9.69 Å². The van der Waals surface area contributed by atoms with Crippen LogP contribution >= 0.6 is 46.7 Å². The molecule has 5 rings (SSSR count). The number of halogens is 2. The van der Waals surface area contributed by atoms with Gasteiger partial charge in [0.25, 0.3) is 0 Å². The number of thioether (sulfide) groups is 2. The van der Waals surface area contributed by atoms with E-state index in [9.17, 15) is 9.59 Å². The number of para-hydroxylation sites is 1. The van der Waals surface area contributed by atoms with Crippen LogP contribution in [0.15, 0.2) is 101 Å². The summed E-state index contributed by atoms with van der Waals surface area (Å²) in [6.07, 6.45) is 8.20. The van der Waals surface area contributed by atoms with E-state index in [0.29, 0.717) is 21.4 Å². The van der Waals surface area contributed by atoms with Crippen LogP contribution < -0.4 is 15.5 Å². The lowest BCUT2D eigenvalue weighted by Crippen LogP contribution is -2.49. The molecule has 1 aliphatic carbocycles. The predicted molar refractivity (Wildman–Crippen MR) is 152 cm³/mol. The van der Waals surface area contributed by atoms with Crippen molar-refractivity contribution in [3.8, 4) is 0 Å². The molecule has 5 nitrogen and oxygen atoms in total. The SMILES string of the molecule is O=C(CSc1cccc(NC(=O)N2c3ccccc3SC3C=CC=CC32)c1)Nc1ccc(Cl)cc1Cl. The van der Waals surface area contributed by atoms with Crippen molar-refractivity contribution in [3.63, 3.8) is 0 Å². The van der Waals surface area contributed by atoms with Crippen LogP contribution in [0.1, 0.15) is 0 Å².